The Hall–Kier alpha value is -2.24. The van der Waals surface area contributed by atoms with E-state index in [1.54, 1.807) is 11.9 Å². The second-order valence-electron chi connectivity index (χ2n) is 9.50. The Morgan fingerprint density at radius 3 is 2.31 bits per heavy atom. The first kappa shape index (κ1) is 18.8. The summed E-state index contributed by atoms with van der Waals surface area (Å²) < 4.78 is 16.7. The lowest BCUT2D eigenvalue weighted by Crippen LogP contribution is -2.51. The highest BCUT2D eigenvalue weighted by atomic mass is 16.6. The molecule has 1 aromatic rings. The third-order valence-electron chi connectivity index (χ3n) is 7.25. The van der Waals surface area contributed by atoms with Crippen LogP contribution in [0.25, 0.3) is 0 Å². The minimum absolute atomic E-state index is 0.141. The molecule has 0 unspecified atom stereocenters. The van der Waals surface area contributed by atoms with E-state index in [2.05, 4.69) is 0 Å². The topological polar surface area (TPSA) is 65.1 Å². The van der Waals surface area contributed by atoms with E-state index in [9.17, 15) is 9.59 Å². The van der Waals surface area contributed by atoms with Crippen molar-refractivity contribution in [1.82, 2.24) is 4.90 Å². The number of esters is 1. The molecule has 5 aliphatic rings. The highest BCUT2D eigenvalue weighted by Crippen LogP contribution is 2.60. The third kappa shape index (κ3) is 3.58. The van der Waals surface area contributed by atoms with E-state index in [0.29, 0.717) is 43.3 Å². The Labute approximate surface area is 171 Å². The van der Waals surface area contributed by atoms with Crippen LogP contribution in [0, 0.1) is 23.2 Å². The number of amides is 1. The van der Waals surface area contributed by atoms with Crippen molar-refractivity contribution in [3.8, 4) is 11.5 Å². The third-order valence-corrected chi connectivity index (χ3v) is 7.25. The predicted molar refractivity (Wildman–Crippen MR) is 105 cm³/mol. The zero-order valence-electron chi connectivity index (χ0n) is 17.0. The van der Waals surface area contributed by atoms with Gasteiger partial charge in [0, 0.05) is 13.6 Å². The molecule has 156 valence electrons. The van der Waals surface area contributed by atoms with Crippen molar-refractivity contribution in [2.45, 2.75) is 45.1 Å². The zero-order valence-corrected chi connectivity index (χ0v) is 17.0. The van der Waals surface area contributed by atoms with Gasteiger partial charge in [-0.15, -0.1) is 0 Å². The highest BCUT2D eigenvalue weighted by Gasteiger charge is 2.55. The van der Waals surface area contributed by atoms with E-state index in [0.717, 1.165) is 30.6 Å². The van der Waals surface area contributed by atoms with Crippen LogP contribution in [0.1, 0.15) is 44.1 Å². The number of fused-ring (bicyclic) bond motifs is 1. The van der Waals surface area contributed by atoms with Gasteiger partial charge < -0.3 is 19.1 Å². The Kier molecular flexibility index (Phi) is 4.67. The van der Waals surface area contributed by atoms with Crippen LogP contribution in [0.2, 0.25) is 0 Å². The van der Waals surface area contributed by atoms with Gasteiger partial charge in [0.2, 0.25) is 0 Å². The molecule has 0 radical (unpaired) electrons. The molecule has 0 atom stereocenters. The van der Waals surface area contributed by atoms with Crippen LogP contribution in [-0.4, -0.2) is 43.6 Å². The number of likely N-dealkylation sites (N-methyl/N-ethyl adjacent to an activating group) is 1. The van der Waals surface area contributed by atoms with E-state index in [1.807, 2.05) is 18.2 Å². The molecule has 0 N–H and O–H groups in total. The zero-order chi connectivity index (χ0) is 20.0. The Balaban J connectivity index is 1.16. The average molecular weight is 399 g/mol. The molecular weight excluding hydrogens is 370 g/mol. The van der Waals surface area contributed by atoms with Gasteiger partial charge in [-0.1, -0.05) is 6.07 Å². The molecule has 1 heterocycles. The van der Waals surface area contributed by atoms with Crippen molar-refractivity contribution >= 4 is 11.9 Å². The van der Waals surface area contributed by atoms with Crippen molar-refractivity contribution < 1.29 is 23.8 Å². The van der Waals surface area contributed by atoms with Crippen molar-refractivity contribution in [3.05, 3.63) is 23.8 Å². The number of nitrogens with zero attached hydrogens (tertiary/aromatic N) is 1. The molecule has 6 heteroatoms. The van der Waals surface area contributed by atoms with Gasteiger partial charge in [-0.3, -0.25) is 9.59 Å². The van der Waals surface area contributed by atoms with Crippen molar-refractivity contribution in [1.29, 1.82) is 0 Å². The first-order chi connectivity index (χ1) is 14.0. The summed E-state index contributed by atoms with van der Waals surface area (Å²) in [6.07, 6.45) is 6.72. The fourth-order valence-electron chi connectivity index (χ4n) is 6.30. The number of ether oxygens (including phenoxy) is 3. The maximum absolute atomic E-state index is 12.9. The van der Waals surface area contributed by atoms with Crippen molar-refractivity contribution in [2.75, 3.05) is 26.9 Å². The standard InChI is InChI=1S/C23H29NO5/c1-24(13-15-2-3-19-20(9-15)28-5-4-27-19)21(25)14-29-22(26)23-10-16-6-17(11-23)8-18(7-16)12-23/h2-3,9,16-18H,4-8,10-14H2,1H3. The van der Waals surface area contributed by atoms with Gasteiger partial charge in [0.05, 0.1) is 5.41 Å². The summed E-state index contributed by atoms with van der Waals surface area (Å²) >= 11 is 0. The lowest BCUT2D eigenvalue weighted by Gasteiger charge is -2.55. The number of carbonyl (C=O) groups is 2. The molecular formula is C23H29NO5. The Morgan fingerprint density at radius 2 is 1.66 bits per heavy atom. The molecule has 0 aromatic heterocycles. The van der Waals surface area contributed by atoms with E-state index in [-0.39, 0.29) is 23.9 Å². The Morgan fingerprint density at radius 1 is 1.03 bits per heavy atom. The normalized spacial score (nSPS) is 31.4. The fourth-order valence-corrected chi connectivity index (χ4v) is 6.30. The largest absolute Gasteiger partial charge is 0.486 e. The molecule has 4 bridgehead atoms. The van der Waals surface area contributed by atoms with Crippen LogP contribution in [0.3, 0.4) is 0 Å². The van der Waals surface area contributed by atoms with Gasteiger partial charge in [0.1, 0.15) is 13.2 Å². The summed E-state index contributed by atoms with van der Waals surface area (Å²) in [6.45, 7) is 1.34. The minimum atomic E-state index is -0.316. The number of hydrogen-bond donors (Lipinski definition) is 0. The molecule has 29 heavy (non-hydrogen) atoms. The molecule has 0 saturated heterocycles. The SMILES string of the molecule is CN(Cc1ccc2c(c1)OCCO2)C(=O)COC(=O)C12CC3CC(CC(C3)C1)C2. The second kappa shape index (κ2) is 7.22. The molecule has 6 nitrogen and oxygen atoms in total. The molecule has 1 aromatic carbocycles. The van der Waals surface area contributed by atoms with Crippen LogP contribution < -0.4 is 9.47 Å². The van der Waals surface area contributed by atoms with Gasteiger partial charge in [-0.25, -0.2) is 0 Å². The van der Waals surface area contributed by atoms with E-state index in [4.69, 9.17) is 14.2 Å². The highest BCUT2D eigenvalue weighted by molar-refractivity contribution is 5.83. The predicted octanol–water partition coefficient (Wildman–Crippen LogP) is 3.18. The van der Waals surface area contributed by atoms with Crippen LogP contribution in [-0.2, 0) is 20.9 Å². The molecule has 4 aliphatic carbocycles. The second-order valence-corrected chi connectivity index (χ2v) is 9.50. The van der Waals surface area contributed by atoms with Gasteiger partial charge >= 0.3 is 5.97 Å². The van der Waals surface area contributed by atoms with Crippen LogP contribution in [0.4, 0.5) is 0 Å². The molecule has 1 amide bonds. The van der Waals surface area contributed by atoms with Crippen LogP contribution in [0.15, 0.2) is 18.2 Å². The van der Waals surface area contributed by atoms with Crippen LogP contribution >= 0.6 is 0 Å². The fraction of sp³-hybridized carbons (Fsp3) is 0.652. The summed E-state index contributed by atoms with van der Waals surface area (Å²) in [7, 11) is 1.73. The number of hydrogen-bond acceptors (Lipinski definition) is 5. The smallest absolute Gasteiger partial charge is 0.312 e. The molecule has 4 saturated carbocycles. The Bertz CT molecular complexity index is 784. The van der Waals surface area contributed by atoms with E-state index < -0.39 is 0 Å². The summed E-state index contributed by atoms with van der Waals surface area (Å²) in [5.41, 5.74) is 0.640. The van der Waals surface area contributed by atoms with Crippen molar-refractivity contribution in [3.63, 3.8) is 0 Å². The number of benzene rings is 1. The summed E-state index contributed by atoms with van der Waals surface area (Å²) in [6, 6.07) is 5.70. The first-order valence-electron chi connectivity index (χ1n) is 10.8. The maximum atomic E-state index is 12.9. The van der Waals surface area contributed by atoms with E-state index in [1.165, 1.54) is 19.3 Å². The maximum Gasteiger partial charge on any atom is 0.312 e. The van der Waals surface area contributed by atoms with E-state index >= 15 is 0 Å². The molecule has 1 aliphatic heterocycles. The summed E-state index contributed by atoms with van der Waals surface area (Å²) in [5, 5.41) is 0. The first-order valence-corrected chi connectivity index (χ1v) is 10.8. The average Bonchev–Trinajstić information content (AvgIpc) is 2.70. The summed E-state index contributed by atoms with van der Waals surface area (Å²) in [5.74, 6) is 3.17. The lowest BCUT2D eigenvalue weighted by atomic mass is 9.49. The monoisotopic (exact) mass is 399 g/mol. The number of carbonyl (C=O) groups excluding carboxylic acids is 2. The number of rotatable bonds is 5. The minimum Gasteiger partial charge on any atom is -0.486 e. The van der Waals surface area contributed by atoms with Gasteiger partial charge in [0.15, 0.2) is 18.1 Å². The molecule has 6 rings (SSSR count). The quantitative estimate of drug-likeness (QED) is 0.712. The van der Waals surface area contributed by atoms with Crippen molar-refractivity contribution in [2.24, 2.45) is 23.2 Å². The van der Waals surface area contributed by atoms with Gasteiger partial charge in [-0.2, -0.15) is 0 Å². The lowest BCUT2D eigenvalue weighted by molar-refractivity contribution is -0.174. The summed E-state index contributed by atoms with van der Waals surface area (Å²) in [4.78, 5) is 27.1. The molecule has 0 spiro atoms. The van der Waals surface area contributed by atoms with Crippen LogP contribution in [0.5, 0.6) is 11.5 Å². The molecule has 4 fully saturated rings. The van der Waals surface area contributed by atoms with Gasteiger partial charge in [-0.05, 0) is 74.0 Å². The van der Waals surface area contributed by atoms with Gasteiger partial charge in [0.25, 0.3) is 5.91 Å².